The van der Waals surface area contributed by atoms with Crippen LogP contribution in [0.3, 0.4) is 0 Å². The van der Waals surface area contributed by atoms with Gasteiger partial charge in [0.15, 0.2) is 11.5 Å². The first kappa shape index (κ1) is 25.4. The molecular weight excluding hydrogens is 472 g/mol. The molecule has 0 saturated heterocycles. The van der Waals surface area contributed by atoms with Crippen molar-refractivity contribution in [1.29, 1.82) is 0 Å². The fourth-order valence-electron chi connectivity index (χ4n) is 4.23. The zero-order valence-corrected chi connectivity index (χ0v) is 21.2. The maximum Gasteiger partial charge on any atom is 0.335 e. The molecule has 0 saturated carbocycles. The molecule has 0 aliphatic carbocycles. The molecule has 0 radical (unpaired) electrons. The van der Waals surface area contributed by atoms with Gasteiger partial charge in [0, 0.05) is 35.3 Å². The number of rotatable bonds is 8. The van der Waals surface area contributed by atoms with Gasteiger partial charge in [0.25, 0.3) is 5.91 Å². The van der Waals surface area contributed by atoms with E-state index in [9.17, 15) is 9.59 Å². The average Bonchev–Trinajstić information content (AvgIpc) is 2.91. The predicted molar refractivity (Wildman–Crippen MR) is 143 cm³/mol. The van der Waals surface area contributed by atoms with Crippen molar-refractivity contribution in [3.63, 3.8) is 0 Å². The highest BCUT2D eigenvalue weighted by Gasteiger charge is 2.21. The Bertz CT molecular complexity index is 1480. The van der Waals surface area contributed by atoms with Gasteiger partial charge in [-0.1, -0.05) is 26.0 Å². The Balaban J connectivity index is 1.86. The van der Waals surface area contributed by atoms with Crippen molar-refractivity contribution in [2.75, 3.05) is 31.9 Å². The van der Waals surface area contributed by atoms with E-state index in [1.54, 1.807) is 21.3 Å². The van der Waals surface area contributed by atoms with E-state index in [0.717, 1.165) is 16.5 Å². The Hall–Kier alpha value is -4.66. The Morgan fingerprint density at radius 3 is 2.16 bits per heavy atom. The van der Waals surface area contributed by atoms with Crippen LogP contribution >= 0.6 is 0 Å². The van der Waals surface area contributed by atoms with Gasteiger partial charge in [0.2, 0.25) is 5.95 Å². The van der Waals surface area contributed by atoms with Crippen LogP contribution in [-0.4, -0.2) is 48.2 Å². The van der Waals surface area contributed by atoms with E-state index in [4.69, 9.17) is 19.6 Å². The number of methoxy groups -OCH3 is 2. The Morgan fingerprint density at radius 1 is 0.919 bits per heavy atom. The molecule has 4 aromatic rings. The number of benzene rings is 3. The van der Waals surface area contributed by atoms with Crippen LogP contribution < -0.4 is 20.1 Å². The van der Waals surface area contributed by atoms with Gasteiger partial charge in [-0.05, 0) is 47.9 Å². The summed E-state index contributed by atoms with van der Waals surface area (Å²) in [4.78, 5) is 33.6. The summed E-state index contributed by atoms with van der Waals surface area (Å²) < 4.78 is 11.0. The maximum absolute atomic E-state index is 13.1. The fourth-order valence-corrected chi connectivity index (χ4v) is 4.23. The molecule has 0 fully saturated rings. The first-order valence-electron chi connectivity index (χ1n) is 11.7. The molecule has 1 amide bonds. The highest BCUT2D eigenvalue weighted by atomic mass is 16.5. The molecule has 9 nitrogen and oxygen atoms in total. The molecule has 0 bridgehead atoms. The zero-order chi connectivity index (χ0) is 26.7. The Labute approximate surface area is 214 Å². The normalized spacial score (nSPS) is 10.9. The molecule has 3 aromatic carbocycles. The molecule has 0 aliphatic heterocycles. The zero-order valence-electron chi connectivity index (χ0n) is 21.2. The number of carbonyl (C=O) groups is 2. The van der Waals surface area contributed by atoms with E-state index in [0.29, 0.717) is 39.9 Å². The number of aromatic nitrogens is 2. The lowest BCUT2D eigenvalue weighted by molar-refractivity contribution is 0.0696. The lowest BCUT2D eigenvalue weighted by Crippen LogP contribution is -2.14. The first-order valence-corrected chi connectivity index (χ1v) is 11.7. The third-order valence-electron chi connectivity index (χ3n) is 6.01. The van der Waals surface area contributed by atoms with Crippen LogP contribution in [0.4, 0.5) is 11.6 Å². The van der Waals surface area contributed by atoms with Crippen molar-refractivity contribution in [1.82, 2.24) is 9.97 Å². The van der Waals surface area contributed by atoms with E-state index in [2.05, 4.69) is 15.6 Å². The van der Waals surface area contributed by atoms with Crippen molar-refractivity contribution < 1.29 is 24.2 Å². The summed E-state index contributed by atoms with van der Waals surface area (Å²) in [6, 6.07) is 15.1. The van der Waals surface area contributed by atoms with Gasteiger partial charge in [0.1, 0.15) is 0 Å². The second-order valence-electron chi connectivity index (χ2n) is 8.63. The number of ether oxygens (including phenoxy) is 2. The SMILES string of the molecule is CNc1nc(-c2cccc(NC(=O)c3ccc(C(=O)O)cc3)c2C(C)C)c2cc(OC)c(OC)cc2n1. The van der Waals surface area contributed by atoms with Crippen LogP contribution in [0, 0.1) is 0 Å². The van der Waals surface area contributed by atoms with Gasteiger partial charge in [-0.15, -0.1) is 0 Å². The summed E-state index contributed by atoms with van der Waals surface area (Å²) in [6.45, 7) is 4.09. The summed E-state index contributed by atoms with van der Waals surface area (Å²) in [7, 11) is 4.90. The van der Waals surface area contributed by atoms with E-state index in [-0.39, 0.29) is 17.4 Å². The summed E-state index contributed by atoms with van der Waals surface area (Å²) in [6.07, 6.45) is 0. The fraction of sp³-hybridized carbons (Fsp3) is 0.214. The topological polar surface area (TPSA) is 123 Å². The molecule has 4 rings (SSSR count). The quantitative estimate of drug-likeness (QED) is 0.293. The minimum atomic E-state index is -1.05. The second kappa shape index (κ2) is 10.5. The standard InChI is InChI=1S/C28H28N4O5/c1-15(2)24-18(7-6-8-20(24)30-26(33)16-9-11-17(12-10-16)27(34)35)25-19-13-22(36-4)23(37-5)14-21(19)31-28(29-3)32-25/h6-15H,1-5H3,(H,30,33)(H,34,35)(H,29,31,32). The number of carboxylic acids is 1. The van der Waals surface area contributed by atoms with Gasteiger partial charge in [0.05, 0.1) is 31.0 Å². The van der Waals surface area contributed by atoms with Crippen molar-refractivity contribution >= 4 is 34.4 Å². The Morgan fingerprint density at radius 2 is 1.57 bits per heavy atom. The number of carbonyl (C=O) groups excluding carboxylic acids is 1. The van der Waals surface area contributed by atoms with Crippen molar-refractivity contribution in [3.8, 4) is 22.8 Å². The molecule has 1 aromatic heterocycles. The smallest absolute Gasteiger partial charge is 0.335 e. The summed E-state index contributed by atoms with van der Waals surface area (Å²) >= 11 is 0. The van der Waals surface area contributed by atoms with Gasteiger partial charge >= 0.3 is 5.97 Å². The number of nitrogens with zero attached hydrogens (tertiary/aromatic N) is 2. The predicted octanol–water partition coefficient (Wildman–Crippen LogP) is 5.43. The van der Waals surface area contributed by atoms with Gasteiger partial charge in [-0.25, -0.2) is 14.8 Å². The molecular formula is C28H28N4O5. The molecule has 0 atom stereocenters. The largest absolute Gasteiger partial charge is 0.493 e. The monoisotopic (exact) mass is 500 g/mol. The number of anilines is 2. The molecule has 9 heteroatoms. The molecule has 1 heterocycles. The maximum atomic E-state index is 13.1. The third-order valence-corrected chi connectivity index (χ3v) is 6.01. The summed E-state index contributed by atoms with van der Waals surface area (Å²) in [5, 5.41) is 15.9. The number of fused-ring (bicyclic) bond motifs is 1. The average molecular weight is 501 g/mol. The van der Waals surface area contributed by atoms with Crippen molar-refractivity contribution in [2.24, 2.45) is 0 Å². The highest BCUT2D eigenvalue weighted by molar-refractivity contribution is 6.06. The third kappa shape index (κ3) is 5.02. The van der Waals surface area contributed by atoms with Crippen molar-refractivity contribution in [2.45, 2.75) is 19.8 Å². The lowest BCUT2D eigenvalue weighted by Gasteiger charge is -2.20. The number of amides is 1. The summed E-state index contributed by atoms with van der Waals surface area (Å²) in [5.74, 6) is 0.194. The highest BCUT2D eigenvalue weighted by Crippen LogP contribution is 2.40. The number of hydrogen-bond donors (Lipinski definition) is 3. The van der Waals surface area contributed by atoms with Crippen molar-refractivity contribution in [3.05, 3.63) is 71.3 Å². The number of hydrogen-bond acceptors (Lipinski definition) is 7. The van der Waals surface area contributed by atoms with E-state index >= 15 is 0 Å². The van der Waals surface area contributed by atoms with Gasteiger partial charge in [-0.3, -0.25) is 4.79 Å². The van der Waals surface area contributed by atoms with Gasteiger partial charge < -0.3 is 25.2 Å². The molecule has 37 heavy (non-hydrogen) atoms. The van der Waals surface area contributed by atoms with E-state index in [1.165, 1.54) is 24.3 Å². The minimum absolute atomic E-state index is 0.0316. The van der Waals surface area contributed by atoms with E-state index < -0.39 is 5.97 Å². The number of aromatic carboxylic acids is 1. The van der Waals surface area contributed by atoms with Crippen LogP contribution in [0.5, 0.6) is 11.5 Å². The number of carboxylic acid groups (broad SMARTS) is 1. The summed E-state index contributed by atoms with van der Waals surface area (Å²) in [5.41, 5.74) is 4.20. The lowest BCUT2D eigenvalue weighted by atomic mass is 9.91. The van der Waals surface area contributed by atoms with Crippen LogP contribution in [-0.2, 0) is 0 Å². The van der Waals surface area contributed by atoms with Crippen LogP contribution in [0.2, 0.25) is 0 Å². The molecule has 3 N–H and O–H groups in total. The second-order valence-corrected chi connectivity index (χ2v) is 8.63. The molecule has 0 spiro atoms. The number of nitrogens with one attached hydrogen (secondary N) is 2. The van der Waals surface area contributed by atoms with Crippen LogP contribution in [0.1, 0.15) is 46.0 Å². The molecule has 190 valence electrons. The molecule has 0 aliphatic rings. The minimum Gasteiger partial charge on any atom is -0.493 e. The Kier molecular flexibility index (Phi) is 7.24. The first-order chi connectivity index (χ1) is 17.8. The van der Waals surface area contributed by atoms with Gasteiger partial charge in [-0.2, -0.15) is 0 Å². The van der Waals surface area contributed by atoms with Crippen LogP contribution in [0.25, 0.3) is 22.2 Å². The van der Waals surface area contributed by atoms with Crippen LogP contribution in [0.15, 0.2) is 54.6 Å². The molecule has 0 unspecified atom stereocenters. The van der Waals surface area contributed by atoms with E-state index in [1.807, 2.05) is 44.2 Å².